The van der Waals surface area contributed by atoms with Crippen LogP contribution >= 0.6 is 0 Å². The van der Waals surface area contributed by atoms with Gasteiger partial charge in [-0.1, -0.05) is 105 Å². The minimum absolute atomic E-state index is 0.0445. The Kier molecular flexibility index (Phi) is 11.2. The van der Waals surface area contributed by atoms with Gasteiger partial charge in [0, 0.05) is 0 Å². The van der Waals surface area contributed by atoms with Gasteiger partial charge in [-0.3, -0.25) is 0 Å². The quantitative estimate of drug-likeness (QED) is 0.327. The molecule has 0 spiro atoms. The van der Waals surface area contributed by atoms with Gasteiger partial charge in [0.05, 0.1) is 24.3 Å². The second-order valence-electron chi connectivity index (χ2n) is 12.7. The van der Waals surface area contributed by atoms with E-state index in [4.69, 9.17) is 9.47 Å². The van der Waals surface area contributed by atoms with E-state index in [0.717, 1.165) is 48.7 Å². The lowest BCUT2D eigenvalue weighted by Gasteiger charge is -2.20. The van der Waals surface area contributed by atoms with Gasteiger partial charge in [-0.2, -0.15) is 0 Å². The molecular weight excluding hydrogens is 464 g/mol. The van der Waals surface area contributed by atoms with Crippen molar-refractivity contribution in [3.8, 4) is 35.2 Å². The topological polar surface area (TPSA) is 18.5 Å². The van der Waals surface area contributed by atoms with Crippen LogP contribution in [-0.4, -0.2) is 13.2 Å². The van der Waals surface area contributed by atoms with Crippen LogP contribution in [-0.2, 0) is 10.8 Å². The van der Waals surface area contributed by atoms with Crippen LogP contribution in [0.2, 0.25) is 0 Å². The molecule has 2 nitrogen and oxygen atoms in total. The smallest absolute Gasteiger partial charge is 0.134 e. The summed E-state index contributed by atoms with van der Waals surface area (Å²) in [5.41, 5.74) is 4.41. The summed E-state index contributed by atoms with van der Waals surface area (Å²) in [5, 5.41) is 0. The van der Waals surface area contributed by atoms with Gasteiger partial charge < -0.3 is 9.47 Å². The second kappa shape index (κ2) is 14.4. The summed E-state index contributed by atoms with van der Waals surface area (Å²) in [5.74, 6) is 14.5. The molecular formula is C36H48O2. The fraction of sp³-hybridized carbons (Fsp3) is 0.556. The van der Waals surface area contributed by atoms with E-state index in [1.54, 1.807) is 0 Å². The van der Waals surface area contributed by atoms with E-state index in [9.17, 15) is 0 Å². The molecule has 1 aliphatic rings. The molecule has 0 atom stereocenters. The van der Waals surface area contributed by atoms with Crippen LogP contribution in [0.4, 0.5) is 0 Å². The Morgan fingerprint density at radius 2 is 0.842 bits per heavy atom. The lowest BCUT2D eigenvalue weighted by Crippen LogP contribution is -2.11. The summed E-state index contributed by atoms with van der Waals surface area (Å²) in [4.78, 5) is 0. The van der Waals surface area contributed by atoms with E-state index in [0.29, 0.717) is 0 Å². The highest BCUT2D eigenvalue weighted by molar-refractivity contribution is 5.55. The zero-order valence-electron chi connectivity index (χ0n) is 24.8. The number of fused-ring (bicyclic) bond motifs is 2. The Labute approximate surface area is 232 Å². The third-order valence-electron chi connectivity index (χ3n) is 7.20. The molecule has 204 valence electrons. The van der Waals surface area contributed by atoms with Crippen LogP contribution in [0.25, 0.3) is 0 Å². The van der Waals surface area contributed by atoms with Crippen molar-refractivity contribution in [3.05, 3.63) is 58.7 Å². The maximum atomic E-state index is 6.21. The highest BCUT2D eigenvalue weighted by Gasteiger charge is 2.17. The zero-order valence-corrected chi connectivity index (χ0v) is 24.8. The summed E-state index contributed by atoms with van der Waals surface area (Å²) in [6.07, 6.45) is 12.5. The summed E-state index contributed by atoms with van der Waals surface area (Å²) in [6, 6.07) is 12.8. The molecule has 2 heteroatoms. The molecule has 0 aromatic heterocycles. The van der Waals surface area contributed by atoms with Crippen molar-refractivity contribution in [2.75, 3.05) is 13.2 Å². The van der Waals surface area contributed by atoms with Crippen molar-refractivity contribution in [2.45, 2.75) is 117 Å². The Morgan fingerprint density at radius 1 is 0.500 bits per heavy atom. The zero-order chi connectivity index (χ0) is 27.4. The summed E-state index contributed by atoms with van der Waals surface area (Å²) < 4.78 is 12.4. The predicted molar refractivity (Wildman–Crippen MR) is 161 cm³/mol. The van der Waals surface area contributed by atoms with E-state index < -0.39 is 0 Å². The van der Waals surface area contributed by atoms with Gasteiger partial charge in [0.15, 0.2) is 0 Å². The maximum Gasteiger partial charge on any atom is 0.134 e. The first-order chi connectivity index (χ1) is 18.1. The monoisotopic (exact) mass is 512 g/mol. The van der Waals surface area contributed by atoms with E-state index in [2.05, 4.69) is 102 Å². The van der Waals surface area contributed by atoms with Gasteiger partial charge >= 0.3 is 0 Å². The minimum atomic E-state index is 0.0445. The number of ether oxygens (including phenoxy) is 2. The molecule has 0 bridgehead atoms. The van der Waals surface area contributed by atoms with Crippen LogP contribution < -0.4 is 9.47 Å². The number of hydrogen-bond acceptors (Lipinski definition) is 2. The van der Waals surface area contributed by atoms with Gasteiger partial charge in [-0.15, -0.1) is 0 Å². The molecule has 0 N–H and O–H groups in total. The van der Waals surface area contributed by atoms with Crippen molar-refractivity contribution in [3.63, 3.8) is 0 Å². The summed E-state index contributed by atoms with van der Waals surface area (Å²) >= 11 is 0. The maximum absolute atomic E-state index is 6.21. The lowest BCUT2D eigenvalue weighted by atomic mass is 9.86. The van der Waals surface area contributed by atoms with Crippen molar-refractivity contribution in [1.29, 1.82) is 0 Å². The Bertz CT molecular complexity index is 1060. The van der Waals surface area contributed by atoms with Crippen molar-refractivity contribution in [2.24, 2.45) is 0 Å². The van der Waals surface area contributed by atoms with Crippen molar-refractivity contribution < 1.29 is 9.47 Å². The molecule has 2 aromatic rings. The number of rotatable bonds is 0. The molecule has 0 aliphatic carbocycles. The fourth-order valence-electron chi connectivity index (χ4n) is 4.62. The first-order valence-corrected chi connectivity index (χ1v) is 14.7. The van der Waals surface area contributed by atoms with Gasteiger partial charge in [-0.25, -0.2) is 0 Å². The van der Waals surface area contributed by atoms with E-state index >= 15 is 0 Å². The van der Waals surface area contributed by atoms with Gasteiger partial charge in [-0.05, 0) is 82.7 Å². The fourth-order valence-corrected chi connectivity index (χ4v) is 4.62. The molecule has 2 aromatic carbocycles. The van der Waals surface area contributed by atoms with Crippen LogP contribution in [0.5, 0.6) is 11.5 Å². The number of hydrogen-bond donors (Lipinski definition) is 0. The van der Waals surface area contributed by atoms with E-state index in [1.807, 2.05) is 0 Å². The molecule has 0 radical (unpaired) electrons. The molecule has 0 amide bonds. The van der Waals surface area contributed by atoms with Crippen LogP contribution in [0.1, 0.15) is 128 Å². The third kappa shape index (κ3) is 9.80. The largest absolute Gasteiger partial charge is 0.492 e. The minimum Gasteiger partial charge on any atom is -0.492 e. The van der Waals surface area contributed by atoms with Gasteiger partial charge in [0.1, 0.15) is 11.5 Å². The standard InChI is InChI=1S/C36H48O2/c1-35(2,3)31-21-23-33-29(27-31)19-15-16-20-30-28-32(36(4,5)6)22-24-34(30)38-26-18-14-12-10-8-7-9-11-13-17-25-37-33/h21-24,27-28H,7-14,17-18,25-26H2,1-6H3. The normalized spacial score (nSPS) is 16.4. The number of benzene rings is 2. The first-order valence-electron chi connectivity index (χ1n) is 14.7. The molecule has 0 saturated carbocycles. The second-order valence-corrected chi connectivity index (χ2v) is 12.7. The van der Waals surface area contributed by atoms with E-state index in [1.165, 1.54) is 62.5 Å². The average molecular weight is 513 g/mol. The highest BCUT2D eigenvalue weighted by atomic mass is 16.5. The molecule has 1 aliphatic heterocycles. The van der Waals surface area contributed by atoms with Gasteiger partial charge in [0.25, 0.3) is 0 Å². The SMILES string of the molecule is CC(C)(C)c1ccc2c(c1)C#CC#Cc1cc(C(C)(C)C)ccc1OCCCCCCCCCCCCO2. The Hall–Kier alpha value is -2.84. The molecule has 1 heterocycles. The van der Waals surface area contributed by atoms with E-state index in [-0.39, 0.29) is 10.8 Å². The molecule has 0 fully saturated rings. The Balaban J connectivity index is 1.91. The van der Waals surface area contributed by atoms with Crippen LogP contribution in [0.3, 0.4) is 0 Å². The molecule has 0 unspecified atom stereocenters. The third-order valence-corrected chi connectivity index (χ3v) is 7.20. The molecule has 38 heavy (non-hydrogen) atoms. The lowest BCUT2D eigenvalue weighted by molar-refractivity contribution is 0.302. The van der Waals surface area contributed by atoms with Crippen LogP contribution in [0, 0.1) is 23.7 Å². The predicted octanol–water partition coefficient (Wildman–Crippen LogP) is 9.36. The average Bonchev–Trinajstić information content (AvgIpc) is 2.86. The summed E-state index contributed by atoms with van der Waals surface area (Å²) in [7, 11) is 0. The summed E-state index contributed by atoms with van der Waals surface area (Å²) in [6.45, 7) is 14.8. The Morgan fingerprint density at radius 3 is 1.18 bits per heavy atom. The molecule has 0 saturated heterocycles. The van der Waals surface area contributed by atoms with Crippen molar-refractivity contribution in [1.82, 2.24) is 0 Å². The van der Waals surface area contributed by atoms with Crippen LogP contribution in [0.15, 0.2) is 36.4 Å². The van der Waals surface area contributed by atoms with Crippen molar-refractivity contribution >= 4 is 0 Å². The molecule has 3 rings (SSSR count). The highest BCUT2D eigenvalue weighted by Crippen LogP contribution is 2.29. The van der Waals surface area contributed by atoms with Gasteiger partial charge in [0.2, 0.25) is 0 Å². The first kappa shape index (κ1) is 29.7.